The number of rotatable bonds is 6. The Kier molecular flexibility index (Phi) is 4.89. The van der Waals surface area contributed by atoms with Gasteiger partial charge in [0.1, 0.15) is 5.75 Å². The van der Waals surface area contributed by atoms with Crippen molar-refractivity contribution in [1.82, 2.24) is 24.9 Å². The number of nitrogens with one attached hydrogen (secondary N) is 1. The van der Waals surface area contributed by atoms with E-state index in [2.05, 4.69) is 20.5 Å². The molecule has 3 rings (SSSR count). The number of carbonyl (C=O) groups excluding carboxylic acids is 1. The number of hydrogen-bond acceptors (Lipinski definition) is 6. The van der Waals surface area contributed by atoms with E-state index < -0.39 is 0 Å². The Hall–Kier alpha value is -3.42. The summed E-state index contributed by atoms with van der Waals surface area (Å²) >= 11 is 0. The van der Waals surface area contributed by atoms with E-state index in [1.165, 1.54) is 13.2 Å². The molecule has 0 aliphatic carbocycles. The number of amides is 1. The average molecular weight is 339 g/mol. The highest BCUT2D eigenvalue weighted by atomic mass is 16.5. The van der Waals surface area contributed by atoms with Crippen LogP contribution in [0.15, 0.2) is 42.7 Å². The molecule has 0 saturated heterocycles. The minimum Gasteiger partial charge on any atom is -0.497 e. The van der Waals surface area contributed by atoms with Gasteiger partial charge in [-0.3, -0.25) is 9.20 Å². The molecular formula is C17H17N5O3. The average Bonchev–Trinajstić information content (AvgIpc) is 3.08. The third-order valence-electron chi connectivity index (χ3n) is 3.50. The van der Waals surface area contributed by atoms with Crippen LogP contribution in [-0.4, -0.2) is 39.7 Å². The molecule has 0 fully saturated rings. The first-order valence-electron chi connectivity index (χ1n) is 7.54. The zero-order valence-electron chi connectivity index (χ0n) is 13.8. The molecule has 8 nitrogen and oxygen atoms in total. The highest BCUT2D eigenvalue weighted by Crippen LogP contribution is 2.14. The minimum absolute atomic E-state index is 0.232. The third-order valence-corrected chi connectivity index (χ3v) is 3.50. The molecule has 1 aromatic carbocycles. The lowest BCUT2D eigenvalue weighted by Crippen LogP contribution is -2.21. The molecule has 0 unspecified atom stereocenters. The molecular weight excluding hydrogens is 322 g/mol. The van der Waals surface area contributed by atoms with E-state index in [-0.39, 0.29) is 12.5 Å². The van der Waals surface area contributed by atoms with Gasteiger partial charge in [0.05, 0.1) is 20.8 Å². The van der Waals surface area contributed by atoms with Crippen molar-refractivity contribution in [2.24, 2.45) is 0 Å². The first-order valence-corrected chi connectivity index (χ1v) is 7.54. The second-order valence-electron chi connectivity index (χ2n) is 5.07. The molecule has 0 spiro atoms. The highest BCUT2D eigenvalue weighted by molar-refractivity contribution is 5.91. The predicted octanol–water partition coefficient (Wildman–Crippen LogP) is 1.47. The first kappa shape index (κ1) is 16.4. The van der Waals surface area contributed by atoms with Crippen molar-refractivity contribution in [1.29, 1.82) is 0 Å². The van der Waals surface area contributed by atoms with Gasteiger partial charge in [0.25, 0.3) is 5.88 Å². The summed E-state index contributed by atoms with van der Waals surface area (Å²) in [5.74, 6) is 1.46. The molecule has 1 N–H and O–H groups in total. The number of nitrogens with zero attached hydrogens (tertiary/aromatic N) is 4. The fourth-order valence-electron chi connectivity index (χ4n) is 2.26. The summed E-state index contributed by atoms with van der Waals surface area (Å²) in [6, 6.07) is 7.43. The number of benzene rings is 1. The van der Waals surface area contributed by atoms with Crippen LogP contribution in [0.1, 0.15) is 11.4 Å². The van der Waals surface area contributed by atoms with Crippen LogP contribution in [0.5, 0.6) is 11.6 Å². The Balaban J connectivity index is 1.65. The highest BCUT2D eigenvalue weighted by Gasteiger charge is 2.10. The van der Waals surface area contributed by atoms with E-state index in [0.29, 0.717) is 17.4 Å². The maximum absolute atomic E-state index is 12.0. The Morgan fingerprint density at radius 2 is 2.16 bits per heavy atom. The van der Waals surface area contributed by atoms with Gasteiger partial charge in [-0.2, -0.15) is 0 Å². The molecule has 1 amide bonds. The molecule has 2 heterocycles. The monoisotopic (exact) mass is 339 g/mol. The summed E-state index contributed by atoms with van der Waals surface area (Å²) in [4.78, 5) is 16.1. The van der Waals surface area contributed by atoms with Gasteiger partial charge in [-0.25, -0.2) is 4.98 Å². The van der Waals surface area contributed by atoms with Gasteiger partial charge in [-0.1, -0.05) is 12.1 Å². The molecule has 2 aromatic heterocycles. The van der Waals surface area contributed by atoms with Gasteiger partial charge < -0.3 is 14.8 Å². The van der Waals surface area contributed by atoms with Gasteiger partial charge in [0, 0.05) is 18.5 Å². The topological polar surface area (TPSA) is 90.6 Å². The van der Waals surface area contributed by atoms with E-state index in [4.69, 9.17) is 9.47 Å². The minimum atomic E-state index is -0.236. The van der Waals surface area contributed by atoms with E-state index >= 15 is 0 Å². The lowest BCUT2D eigenvalue weighted by Gasteiger charge is -2.03. The lowest BCUT2D eigenvalue weighted by molar-refractivity contribution is -0.116. The number of fused-ring (bicyclic) bond motifs is 1. The SMILES string of the molecule is COc1cccc(/C=C\C(=O)NCc2nnc3c(OC)nccn23)c1. The number of aromatic nitrogens is 4. The normalized spacial score (nSPS) is 11.0. The lowest BCUT2D eigenvalue weighted by atomic mass is 10.2. The van der Waals surface area contributed by atoms with Crippen molar-refractivity contribution in [2.45, 2.75) is 6.54 Å². The largest absolute Gasteiger partial charge is 0.497 e. The van der Waals surface area contributed by atoms with E-state index in [1.54, 1.807) is 30.0 Å². The van der Waals surface area contributed by atoms with Crippen LogP contribution >= 0.6 is 0 Å². The molecule has 0 radical (unpaired) electrons. The van der Waals surface area contributed by atoms with Crippen LogP contribution in [0, 0.1) is 0 Å². The second-order valence-corrected chi connectivity index (χ2v) is 5.07. The second kappa shape index (κ2) is 7.43. The van der Waals surface area contributed by atoms with Crippen molar-refractivity contribution >= 4 is 17.6 Å². The molecule has 0 atom stereocenters. The Morgan fingerprint density at radius 3 is 2.96 bits per heavy atom. The van der Waals surface area contributed by atoms with Crippen molar-refractivity contribution in [3.63, 3.8) is 0 Å². The number of hydrogen-bond donors (Lipinski definition) is 1. The van der Waals surface area contributed by atoms with E-state index in [9.17, 15) is 4.79 Å². The molecule has 0 aliphatic rings. The summed E-state index contributed by atoms with van der Waals surface area (Å²) in [5.41, 5.74) is 1.37. The van der Waals surface area contributed by atoms with Crippen LogP contribution in [0.2, 0.25) is 0 Å². The molecule has 0 bridgehead atoms. The summed E-state index contributed by atoms with van der Waals surface area (Å²) in [6.45, 7) is 0.232. The van der Waals surface area contributed by atoms with Gasteiger partial charge in [0.15, 0.2) is 5.82 Å². The molecule has 128 valence electrons. The van der Waals surface area contributed by atoms with Crippen LogP contribution < -0.4 is 14.8 Å². The quantitative estimate of drug-likeness (QED) is 0.684. The van der Waals surface area contributed by atoms with Crippen LogP contribution in [0.25, 0.3) is 11.7 Å². The maximum Gasteiger partial charge on any atom is 0.260 e. The Morgan fingerprint density at radius 1 is 1.28 bits per heavy atom. The van der Waals surface area contributed by atoms with Gasteiger partial charge in [-0.05, 0) is 23.8 Å². The fraction of sp³-hybridized carbons (Fsp3) is 0.176. The smallest absolute Gasteiger partial charge is 0.260 e. The standard InChI is InChI=1S/C17H17N5O3/c1-24-13-5-3-4-12(10-13)6-7-15(23)19-11-14-20-21-16-17(25-2)18-8-9-22(14)16/h3-10H,11H2,1-2H3,(H,19,23)/b7-6-. The molecule has 0 aliphatic heterocycles. The molecule has 25 heavy (non-hydrogen) atoms. The summed E-state index contributed by atoms with van der Waals surface area (Å²) in [5, 5.41) is 10.8. The van der Waals surface area contributed by atoms with Crippen LogP contribution in [0.4, 0.5) is 0 Å². The molecule has 8 heteroatoms. The summed E-state index contributed by atoms with van der Waals surface area (Å²) in [7, 11) is 3.12. The van der Waals surface area contributed by atoms with Crippen molar-refractivity contribution in [3.05, 3.63) is 54.1 Å². The molecule has 3 aromatic rings. The number of ether oxygens (including phenoxy) is 2. The van der Waals surface area contributed by atoms with Crippen molar-refractivity contribution in [2.75, 3.05) is 14.2 Å². The predicted molar refractivity (Wildman–Crippen MR) is 91.2 cm³/mol. The maximum atomic E-state index is 12.0. The first-order chi connectivity index (χ1) is 12.2. The van der Waals surface area contributed by atoms with Crippen molar-refractivity contribution in [3.8, 4) is 11.6 Å². The van der Waals surface area contributed by atoms with Crippen LogP contribution in [-0.2, 0) is 11.3 Å². The summed E-state index contributed by atoms with van der Waals surface area (Å²) < 4.78 is 12.0. The van der Waals surface area contributed by atoms with Gasteiger partial charge in [0.2, 0.25) is 11.6 Å². The Labute approximate surface area is 144 Å². The van der Waals surface area contributed by atoms with Crippen LogP contribution in [0.3, 0.4) is 0 Å². The Bertz CT molecular complexity index is 920. The van der Waals surface area contributed by atoms with Gasteiger partial charge in [-0.15, -0.1) is 10.2 Å². The van der Waals surface area contributed by atoms with Gasteiger partial charge >= 0.3 is 0 Å². The van der Waals surface area contributed by atoms with E-state index in [1.807, 2.05) is 24.3 Å². The number of carbonyl (C=O) groups is 1. The zero-order chi connectivity index (χ0) is 17.6. The fourth-order valence-corrected chi connectivity index (χ4v) is 2.26. The summed E-state index contributed by atoms with van der Waals surface area (Å²) in [6.07, 6.45) is 6.47. The van der Waals surface area contributed by atoms with Crippen molar-refractivity contribution < 1.29 is 14.3 Å². The third kappa shape index (κ3) is 3.74. The molecule has 0 saturated carbocycles. The zero-order valence-corrected chi connectivity index (χ0v) is 13.8. The number of methoxy groups -OCH3 is 2. The van der Waals surface area contributed by atoms with E-state index in [0.717, 1.165) is 11.3 Å².